The van der Waals surface area contributed by atoms with E-state index < -0.39 is 17.4 Å². The van der Waals surface area contributed by atoms with Gasteiger partial charge in [-0.05, 0) is 42.8 Å². The molecule has 2 aromatic heterocycles. The Labute approximate surface area is 154 Å². The molecule has 0 saturated carbocycles. The van der Waals surface area contributed by atoms with Crippen LogP contribution in [0.15, 0.2) is 65.7 Å². The number of carbonyl (C=O) groups is 2. The number of anilines is 1. The predicted octanol–water partition coefficient (Wildman–Crippen LogP) is 2.52. The van der Waals surface area contributed by atoms with Crippen LogP contribution in [0.25, 0.3) is 11.7 Å². The van der Waals surface area contributed by atoms with Crippen LogP contribution >= 0.6 is 0 Å². The van der Waals surface area contributed by atoms with Crippen LogP contribution in [0.1, 0.15) is 22.8 Å². The van der Waals surface area contributed by atoms with Crippen LogP contribution in [-0.2, 0) is 9.53 Å². The van der Waals surface area contributed by atoms with Crippen molar-refractivity contribution in [3.05, 3.63) is 82.4 Å². The number of carbonyl (C=O) groups excluding carboxylic acids is 2. The zero-order valence-electron chi connectivity index (χ0n) is 14.6. The first-order valence-electron chi connectivity index (χ1n) is 8.31. The zero-order chi connectivity index (χ0) is 19.2. The summed E-state index contributed by atoms with van der Waals surface area (Å²) in [7, 11) is 0. The van der Waals surface area contributed by atoms with Crippen molar-refractivity contribution in [1.29, 1.82) is 0 Å². The van der Waals surface area contributed by atoms with E-state index in [1.165, 1.54) is 16.7 Å². The number of nitrogens with one attached hydrogen (secondary N) is 1. The van der Waals surface area contributed by atoms with Gasteiger partial charge in [-0.25, -0.2) is 9.78 Å². The molecular weight excluding hydrogens is 346 g/mol. The highest BCUT2D eigenvalue weighted by Crippen LogP contribution is 2.12. The van der Waals surface area contributed by atoms with E-state index >= 15 is 0 Å². The van der Waals surface area contributed by atoms with Gasteiger partial charge in [0.1, 0.15) is 11.2 Å². The third kappa shape index (κ3) is 4.27. The summed E-state index contributed by atoms with van der Waals surface area (Å²) in [5, 5.41) is 2.67. The fourth-order valence-electron chi connectivity index (χ4n) is 2.41. The summed E-state index contributed by atoms with van der Waals surface area (Å²) >= 11 is 0. The molecule has 7 nitrogen and oxygen atoms in total. The minimum atomic E-state index is -0.541. The molecule has 0 fully saturated rings. The maximum atomic E-state index is 12.4. The second-order valence-corrected chi connectivity index (χ2v) is 5.57. The monoisotopic (exact) mass is 363 g/mol. The summed E-state index contributed by atoms with van der Waals surface area (Å²) in [4.78, 5) is 40.3. The standard InChI is InChI=1S/C20H17N3O4/c1-2-27-18(24)11-8-14-6-9-15(10-7-14)22-19(25)16-13-21-17-5-3-4-12-23(17)20(16)26/h3-13H,2H2,1H3,(H,22,25)/b11-8+. The average Bonchev–Trinajstić information content (AvgIpc) is 2.68. The van der Waals surface area contributed by atoms with Crippen LogP contribution in [0, 0.1) is 0 Å². The number of ether oxygens (including phenoxy) is 1. The number of rotatable bonds is 5. The average molecular weight is 363 g/mol. The predicted molar refractivity (Wildman–Crippen MR) is 102 cm³/mol. The number of esters is 1. The molecule has 3 rings (SSSR count). The lowest BCUT2D eigenvalue weighted by molar-refractivity contribution is -0.137. The van der Waals surface area contributed by atoms with Crippen molar-refractivity contribution in [3.63, 3.8) is 0 Å². The highest BCUT2D eigenvalue weighted by atomic mass is 16.5. The van der Waals surface area contributed by atoms with Crippen molar-refractivity contribution < 1.29 is 14.3 Å². The molecule has 0 aliphatic carbocycles. The Balaban J connectivity index is 1.74. The molecular formula is C20H17N3O4. The first kappa shape index (κ1) is 18.1. The van der Waals surface area contributed by atoms with Gasteiger partial charge in [-0.1, -0.05) is 18.2 Å². The molecule has 0 spiro atoms. The minimum Gasteiger partial charge on any atom is -0.463 e. The van der Waals surface area contributed by atoms with Crippen LogP contribution < -0.4 is 10.9 Å². The molecule has 1 aromatic carbocycles. The molecule has 0 unspecified atom stereocenters. The van der Waals surface area contributed by atoms with Crippen molar-refractivity contribution in [1.82, 2.24) is 9.38 Å². The van der Waals surface area contributed by atoms with Gasteiger partial charge in [0.25, 0.3) is 11.5 Å². The maximum Gasteiger partial charge on any atom is 0.330 e. The van der Waals surface area contributed by atoms with E-state index in [4.69, 9.17) is 4.74 Å². The van der Waals surface area contributed by atoms with E-state index in [0.29, 0.717) is 17.9 Å². The number of hydrogen-bond donors (Lipinski definition) is 1. The SMILES string of the molecule is CCOC(=O)/C=C/c1ccc(NC(=O)c2cnc3ccccn3c2=O)cc1. The molecule has 3 aromatic rings. The minimum absolute atomic E-state index is 0.0509. The quantitative estimate of drug-likeness (QED) is 0.556. The second-order valence-electron chi connectivity index (χ2n) is 5.57. The number of aromatic nitrogens is 2. The molecule has 136 valence electrons. The molecule has 1 amide bonds. The molecule has 0 aliphatic heterocycles. The number of pyridine rings is 1. The summed E-state index contributed by atoms with van der Waals surface area (Å²) in [6, 6.07) is 12.0. The second kappa shape index (κ2) is 8.09. The van der Waals surface area contributed by atoms with E-state index in [9.17, 15) is 14.4 Å². The van der Waals surface area contributed by atoms with Gasteiger partial charge < -0.3 is 10.1 Å². The van der Waals surface area contributed by atoms with E-state index in [1.807, 2.05) is 0 Å². The third-order valence-corrected chi connectivity index (χ3v) is 3.73. The molecule has 2 heterocycles. The Morgan fingerprint density at radius 3 is 2.70 bits per heavy atom. The summed E-state index contributed by atoms with van der Waals surface area (Å²) in [5.74, 6) is -0.959. The number of benzene rings is 1. The number of amides is 1. The maximum absolute atomic E-state index is 12.4. The largest absolute Gasteiger partial charge is 0.463 e. The van der Waals surface area contributed by atoms with E-state index in [0.717, 1.165) is 5.56 Å². The normalized spacial score (nSPS) is 10.9. The number of hydrogen-bond acceptors (Lipinski definition) is 5. The Hall–Kier alpha value is -3.74. The number of fused-ring (bicyclic) bond motifs is 1. The van der Waals surface area contributed by atoms with E-state index in [1.54, 1.807) is 61.7 Å². The molecule has 7 heteroatoms. The Kier molecular flexibility index (Phi) is 5.41. The van der Waals surface area contributed by atoms with E-state index in [2.05, 4.69) is 10.3 Å². The van der Waals surface area contributed by atoms with Gasteiger partial charge in [0.15, 0.2) is 0 Å². The van der Waals surface area contributed by atoms with Crippen LogP contribution in [0.2, 0.25) is 0 Å². The van der Waals surface area contributed by atoms with Gasteiger partial charge >= 0.3 is 5.97 Å². The summed E-state index contributed by atoms with van der Waals surface area (Å²) in [6.07, 6.45) is 5.78. The lowest BCUT2D eigenvalue weighted by Crippen LogP contribution is -2.26. The molecule has 0 bridgehead atoms. The molecule has 0 saturated heterocycles. The molecule has 0 aliphatic rings. The lowest BCUT2D eigenvalue weighted by Gasteiger charge is -2.06. The molecule has 0 atom stereocenters. The third-order valence-electron chi connectivity index (χ3n) is 3.73. The Morgan fingerprint density at radius 2 is 1.96 bits per heavy atom. The topological polar surface area (TPSA) is 89.8 Å². The summed E-state index contributed by atoms with van der Waals surface area (Å²) < 4.78 is 6.13. The highest BCUT2D eigenvalue weighted by molar-refractivity contribution is 6.04. The van der Waals surface area contributed by atoms with Gasteiger partial charge in [-0.2, -0.15) is 0 Å². The van der Waals surface area contributed by atoms with Crippen LogP contribution in [0.4, 0.5) is 5.69 Å². The van der Waals surface area contributed by atoms with Crippen molar-refractivity contribution in [2.24, 2.45) is 0 Å². The van der Waals surface area contributed by atoms with Crippen molar-refractivity contribution in [3.8, 4) is 0 Å². The van der Waals surface area contributed by atoms with Crippen molar-refractivity contribution >= 4 is 29.3 Å². The fourth-order valence-corrected chi connectivity index (χ4v) is 2.41. The van der Waals surface area contributed by atoms with Gasteiger partial charge in [0.2, 0.25) is 0 Å². The van der Waals surface area contributed by atoms with Crippen molar-refractivity contribution in [2.45, 2.75) is 6.92 Å². The first-order chi connectivity index (χ1) is 13.1. The van der Waals surface area contributed by atoms with Crippen LogP contribution in [0.5, 0.6) is 0 Å². The van der Waals surface area contributed by atoms with Gasteiger partial charge in [-0.15, -0.1) is 0 Å². The fraction of sp³-hybridized carbons (Fsp3) is 0.100. The summed E-state index contributed by atoms with van der Waals surface area (Å²) in [5.41, 5.74) is 1.27. The van der Waals surface area contributed by atoms with E-state index in [-0.39, 0.29) is 5.56 Å². The zero-order valence-corrected chi connectivity index (χ0v) is 14.6. The molecule has 27 heavy (non-hydrogen) atoms. The number of nitrogens with zero attached hydrogens (tertiary/aromatic N) is 2. The van der Waals surface area contributed by atoms with Gasteiger partial charge in [-0.3, -0.25) is 14.0 Å². The molecule has 1 N–H and O–H groups in total. The van der Waals surface area contributed by atoms with Gasteiger partial charge in [0.05, 0.1) is 6.61 Å². The first-order valence-corrected chi connectivity index (χ1v) is 8.31. The Morgan fingerprint density at radius 1 is 1.19 bits per heavy atom. The lowest BCUT2D eigenvalue weighted by atomic mass is 10.2. The van der Waals surface area contributed by atoms with Crippen molar-refractivity contribution in [2.75, 3.05) is 11.9 Å². The Bertz CT molecular complexity index is 1070. The highest BCUT2D eigenvalue weighted by Gasteiger charge is 2.13. The van der Waals surface area contributed by atoms with Gasteiger partial charge in [0, 0.05) is 24.2 Å². The van der Waals surface area contributed by atoms with Crippen LogP contribution in [0.3, 0.4) is 0 Å². The summed E-state index contributed by atoms with van der Waals surface area (Å²) in [6.45, 7) is 2.05. The molecule has 0 radical (unpaired) electrons. The smallest absolute Gasteiger partial charge is 0.330 e. The van der Waals surface area contributed by atoms with Crippen LogP contribution in [-0.4, -0.2) is 27.9 Å².